The molecule has 2 aliphatic heterocycles. The number of halogens is 2. The molecule has 1 spiro atoms. The predicted molar refractivity (Wildman–Crippen MR) is 128 cm³/mol. The first-order valence-corrected chi connectivity index (χ1v) is 13.5. The highest BCUT2D eigenvalue weighted by molar-refractivity contribution is 7.90. The first-order valence-electron chi connectivity index (χ1n) is 12.0. The van der Waals surface area contributed by atoms with E-state index in [1.807, 2.05) is 30.3 Å². The summed E-state index contributed by atoms with van der Waals surface area (Å²) in [5, 5.41) is -2.50. The van der Waals surface area contributed by atoms with Gasteiger partial charge in [-0.05, 0) is 44.2 Å². The van der Waals surface area contributed by atoms with Crippen LogP contribution < -0.4 is 4.72 Å². The third kappa shape index (κ3) is 4.38. The smallest absolute Gasteiger partial charge is 0.252 e. The van der Waals surface area contributed by atoms with Crippen LogP contribution >= 0.6 is 0 Å². The largest absolute Gasteiger partial charge is 0.368 e. The minimum atomic E-state index is -4.34. The van der Waals surface area contributed by atoms with Crippen LogP contribution in [0, 0.1) is 11.2 Å². The molecular weight excluding hydrogens is 474 g/mol. The van der Waals surface area contributed by atoms with Gasteiger partial charge in [-0.1, -0.05) is 48.5 Å². The number of benzene rings is 2. The van der Waals surface area contributed by atoms with E-state index in [1.54, 1.807) is 23.1 Å². The number of nitrogens with one attached hydrogen (secondary N) is 1. The zero-order chi connectivity index (χ0) is 25.0. The third-order valence-corrected chi connectivity index (χ3v) is 9.44. The number of ether oxygens (including phenoxy) is 1. The van der Waals surface area contributed by atoms with Crippen molar-refractivity contribution < 1.29 is 26.7 Å². The minimum absolute atomic E-state index is 0.104. The van der Waals surface area contributed by atoms with E-state index in [4.69, 9.17) is 4.74 Å². The van der Waals surface area contributed by atoms with Crippen LogP contribution in [0.25, 0.3) is 11.1 Å². The Hall–Kier alpha value is -2.36. The molecule has 1 saturated carbocycles. The van der Waals surface area contributed by atoms with E-state index in [1.165, 1.54) is 0 Å². The number of alkyl halides is 1. The van der Waals surface area contributed by atoms with Gasteiger partial charge in [0.25, 0.3) is 5.91 Å². The van der Waals surface area contributed by atoms with Crippen LogP contribution in [0.5, 0.6) is 0 Å². The topological polar surface area (TPSA) is 75.7 Å². The third-order valence-electron chi connectivity index (χ3n) is 7.59. The van der Waals surface area contributed by atoms with Crippen LogP contribution in [0.3, 0.4) is 0 Å². The lowest BCUT2D eigenvalue weighted by Gasteiger charge is -2.35. The number of rotatable bonds is 7. The molecule has 2 aromatic carbocycles. The van der Waals surface area contributed by atoms with E-state index in [9.17, 15) is 17.6 Å². The maximum absolute atomic E-state index is 15.7. The Kier molecular flexibility index (Phi) is 6.01. The monoisotopic (exact) mass is 504 g/mol. The summed E-state index contributed by atoms with van der Waals surface area (Å²) in [6.45, 7) is 2.83. The van der Waals surface area contributed by atoms with Crippen LogP contribution in [0.1, 0.15) is 38.7 Å². The number of likely N-dealkylation sites (tertiary alicyclic amines) is 1. The van der Waals surface area contributed by atoms with Gasteiger partial charge in [-0.25, -0.2) is 21.9 Å². The van der Waals surface area contributed by atoms with E-state index in [0.717, 1.165) is 19.4 Å². The van der Waals surface area contributed by atoms with Crippen molar-refractivity contribution in [1.82, 2.24) is 9.62 Å². The molecular formula is C26H30F2N2O4S. The molecule has 188 valence electrons. The summed E-state index contributed by atoms with van der Waals surface area (Å²) in [5.74, 6) is -0.622. The van der Waals surface area contributed by atoms with Gasteiger partial charge in [-0.2, -0.15) is 0 Å². The summed E-state index contributed by atoms with van der Waals surface area (Å²) in [6, 6.07) is 12.9. The van der Waals surface area contributed by atoms with Crippen LogP contribution in [0.15, 0.2) is 48.5 Å². The van der Waals surface area contributed by atoms with Gasteiger partial charge in [0.05, 0.1) is 12.6 Å². The molecule has 3 aliphatic rings. The number of hydrogen-bond acceptors (Lipinski definition) is 4. The van der Waals surface area contributed by atoms with E-state index in [-0.39, 0.29) is 12.3 Å². The Bertz CT molecular complexity index is 1220. The van der Waals surface area contributed by atoms with Gasteiger partial charge in [0, 0.05) is 30.0 Å². The van der Waals surface area contributed by atoms with Crippen molar-refractivity contribution in [1.29, 1.82) is 0 Å². The molecule has 35 heavy (non-hydrogen) atoms. The van der Waals surface area contributed by atoms with Crippen molar-refractivity contribution in [3.05, 3.63) is 59.9 Å². The Balaban J connectivity index is 1.52. The average molecular weight is 505 g/mol. The summed E-state index contributed by atoms with van der Waals surface area (Å²) in [5.41, 5.74) is 1.06. The maximum atomic E-state index is 15.7. The minimum Gasteiger partial charge on any atom is -0.368 e. The van der Waals surface area contributed by atoms with Gasteiger partial charge in [-0.15, -0.1) is 0 Å². The molecule has 1 N–H and O–H groups in total. The Morgan fingerprint density at radius 1 is 1.17 bits per heavy atom. The summed E-state index contributed by atoms with van der Waals surface area (Å²) < 4.78 is 63.9. The first-order chi connectivity index (χ1) is 16.5. The second-order valence-corrected chi connectivity index (χ2v) is 12.6. The summed E-state index contributed by atoms with van der Waals surface area (Å²) in [7, 11) is -4.34. The average Bonchev–Trinajstić information content (AvgIpc) is 3.49. The van der Waals surface area contributed by atoms with Crippen molar-refractivity contribution in [3.8, 4) is 11.1 Å². The second-order valence-electron chi connectivity index (χ2n) is 10.4. The summed E-state index contributed by atoms with van der Waals surface area (Å²) in [6.07, 6.45) is 1.56. The summed E-state index contributed by atoms with van der Waals surface area (Å²) >= 11 is 0. The quantitative estimate of drug-likeness (QED) is 0.622. The number of nitrogens with zero attached hydrogens (tertiary/aromatic N) is 1. The second kappa shape index (κ2) is 8.64. The van der Waals surface area contributed by atoms with Crippen molar-refractivity contribution in [2.75, 3.05) is 13.2 Å². The number of carbonyl (C=O) groups is 1. The van der Waals surface area contributed by atoms with Gasteiger partial charge < -0.3 is 9.64 Å². The molecule has 2 aromatic rings. The Morgan fingerprint density at radius 2 is 1.86 bits per heavy atom. The normalized spacial score (nSPS) is 25.5. The molecule has 1 amide bonds. The lowest BCUT2D eigenvalue weighted by Crippen LogP contribution is -2.55. The molecule has 3 fully saturated rings. The predicted octanol–water partition coefficient (Wildman–Crippen LogP) is 3.81. The highest BCUT2D eigenvalue weighted by Crippen LogP contribution is 2.56. The van der Waals surface area contributed by atoms with Gasteiger partial charge in [0.1, 0.15) is 11.9 Å². The van der Waals surface area contributed by atoms with Crippen molar-refractivity contribution in [2.45, 2.75) is 62.7 Å². The van der Waals surface area contributed by atoms with Gasteiger partial charge >= 0.3 is 0 Å². The Morgan fingerprint density at radius 3 is 2.43 bits per heavy atom. The molecule has 0 unspecified atom stereocenters. The fourth-order valence-electron chi connectivity index (χ4n) is 5.17. The lowest BCUT2D eigenvalue weighted by molar-refractivity contribution is -0.157. The summed E-state index contributed by atoms with van der Waals surface area (Å²) in [4.78, 5) is 14.9. The van der Waals surface area contributed by atoms with E-state index in [0.29, 0.717) is 43.5 Å². The van der Waals surface area contributed by atoms with Gasteiger partial charge in [0.2, 0.25) is 15.0 Å². The van der Waals surface area contributed by atoms with Crippen molar-refractivity contribution >= 4 is 15.9 Å². The molecule has 0 bridgehead atoms. The van der Waals surface area contributed by atoms with E-state index in [2.05, 4.69) is 4.72 Å². The standard InChI is InChI=1S/C26H30F2N2O4S/c1-25(2,28)35(32,33)29-23-20(30(16-26(23)12-13-26)24(31)21-11-14-34-21)15-18-9-6-10-19(22(18)27)17-7-4-3-5-8-17/h3-10,20-21,23,29H,11-16H2,1-2H3/t20-,21+,23+/m0/s1. The number of hydrogen-bond donors (Lipinski definition) is 1. The maximum Gasteiger partial charge on any atom is 0.252 e. The SMILES string of the molecule is CC(C)(F)S(=O)(=O)N[C@@H]1[C@H](Cc2cccc(-c3ccccc3)c2F)N(C(=O)[C@H]2CCO2)CC12CC2. The van der Waals surface area contributed by atoms with Crippen LogP contribution in [0.4, 0.5) is 8.78 Å². The highest BCUT2D eigenvalue weighted by atomic mass is 32.2. The van der Waals surface area contributed by atoms with Gasteiger partial charge in [-0.3, -0.25) is 4.79 Å². The zero-order valence-electron chi connectivity index (χ0n) is 19.8. The zero-order valence-corrected chi connectivity index (χ0v) is 20.7. The van der Waals surface area contributed by atoms with Crippen LogP contribution in [-0.4, -0.2) is 55.6 Å². The molecule has 5 rings (SSSR count). The fraction of sp³-hybridized carbons (Fsp3) is 0.500. The van der Waals surface area contributed by atoms with Crippen molar-refractivity contribution in [2.24, 2.45) is 5.41 Å². The number of carbonyl (C=O) groups excluding carboxylic acids is 1. The van der Waals surface area contributed by atoms with Gasteiger partial charge in [0.15, 0.2) is 0 Å². The van der Waals surface area contributed by atoms with Crippen molar-refractivity contribution in [3.63, 3.8) is 0 Å². The molecule has 3 atom stereocenters. The molecule has 2 saturated heterocycles. The first kappa shape index (κ1) is 24.3. The molecule has 0 radical (unpaired) electrons. The molecule has 2 heterocycles. The molecule has 1 aliphatic carbocycles. The lowest BCUT2D eigenvalue weighted by atomic mass is 9.91. The molecule has 9 heteroatoms. The highest BCUT2D eigenvalue weighted by Gasteiger charge is 2.62. The number of sulfonamides is 1. The van der Waals surface area contributed by atoms with Crippen LogP contribution in [-0.2, 0) is 26.0 Å². The van der Waals surface area contributed by atoms with E-state index >= 15 is 4.39 Å². The fourth-order valence-corrected chi connectivity index (χ4v) is 6.19. The van der Waals surface area contributed by atoms with Crippen LogP contribution in [0.2, 0.25) is 0 Å². The molecule has 0 aromatic heterocycles. The Labute approximate surface area is 204 Å². The molecule has 6 nitrogen and oxygen atoms in total. The van der Waals surface area contributed by atoms with E-state index < -0.39 is 44.4 Å². The number of amides is 1.